The normalized spacial score (nSPS) is 41.0. The Kier molecular flexibility index (Phi) is 4.98. The Morgan fingerprint density at radius 3 is 2.84 bits per heavy atom. The average molecular weight is 422 g/mol. The molecule has 2 amide bonds. The first-order valence-electron chi connectivity index (χ1n) is 12.0. The number of carbonyl (C=O) groups excluding carboxylic acids is 2. The van der Waals surface area contributed by atoms with Crippen LogP contribution in [-0.4, -0.2) is 22.8 Å². The van der Waals surface area contributed by atoms with Crippen LogP contribution in [0, 0.1) is 41.4 Å². The van der Waals surface area contributed by atoms with E-state index >= 15 is 0 Å². The number of nitrogens with zero attached hydrogens (tertiary/aromatic N) is 1. The van der Waals surface area contributed by atoms with Gasteiger partial charge in [-0.15, -0.1) is 0 Å². The van der Waals surface area contributed by atoms with Gasteiger partial charge in [0, 0.05) is 24.1 Å². The first kappa shape index (κ1) is 20.7. The molecule has 1 aromatic rings. The number of pyridine rings is 1. The van der Waals surface area contributed by atoms with Crippen molar-refractivity contribution >= 4 is 17.6 Å². The van der Waals surface area contributed by atoms with Crippen LogP contribution in [0.5, 0.6) is 0 Å². The summed E-state index contributed by atoms with van der Waals surface area (Å²) in [6, 6.07) is 4.15. The van der Waals surface area contributed by atoms with Crippen LogP contribution in [0.25, 0.3) is 0 Å². The quantitative estimate of drug-likeness (QED) is 0.747. The standard InChI is InChI=1S/C26H35N3O2/c1-16-10-13-27-22(14-16)29-24(31)15-17-4-6-19-18-5-7-21-26(3,12-9-23(30)28-21)20(18)8-11-25(17,19)2/h9-10,12-14,17-21H,4-8,11,15H2,1-3H3,(H,28,30)(H,27,29,31)/t17-,18+,19+,20+,21-,25-,26-/m1/s1. The van der Waals surface area contributed by atoms with Crippen molar-refractivity contribution in [2.45, 2.75) is 71.8 Å². The summed E-state index contributed by atoms with van der Waals surface area (Å²) in [5, 5.41) is 6.27. The lowest BCUT2D eigenvalue weighted by molar-refractivity contribution is -0.123. The number of aryl methyl sites for hydroxylation is 1. The van der Waals surface area contributed by atoms with E-state index in [1.807, 2.05) is 19.1 Å². The molecular formula is C26H35N3O2. The first-order valence-corrected chi connectivity index (χ1v) is 12.0. The van der Waals surface area contributed by atoms with Crippen molar-refractivity contribution in [3.8, 4) is 0 Å². The second-order valence-corrected chi connectivity index (χ2v) is 11.0. The third kappa shape index (κ3) is 3.41. The second-order valence-electron chi connectivity index (χ2n) is 11.0. The zero-order valence-corrected chi connectivity index (χ0v) is 19.0. The average Bonchev–Trinajstić information content (AvgIpc) is 3.05. The molecule has 0 unspecified atom stereocenters. The summed E-state index contributed by atoms with van der Waals surface area (Å²) in [7, 11) is 0. The number of carbonyl (C=O) groups is 2. The van der Waals surface area contributed by atoms with E-state index in [1.165, 1.54) is 25.7 Å². The van der Waals surface area contributed by atoms with Crippen molar-refractivity contribution in [1.82, 2.24) is 10.3 Å². The van der Waals surface area contributed by atoms with E-state index < -0.39 is 0 Å². The van der Waals surface area contributed by atoms with E-state index in [-0.39, 0.29) is 28.7 Å². The Morgan fingerprint density at radius 1 is 1.19 bits per heavy atom. The number of hydrogen-bond acceptors (Lipinski definition) is 3. The zero-order chi connectivity index (χ0) is 21.8. The Bertz CT molecular complexity index is 927. The van der Waals surface area contributed by atoms with Gasteiger partial charge in [0.15, 0.2) is 0 Å². The molecule has 3 aliphatic carbocycles. The van der Waals surface area contributed by atoms with Crippen LogP contribution < -0.4 is 10.6 Å². The van der Waals surface area contributed by atoms with Crippen molar-refractivity contribution in [3.63, 3.8) is 0 Å². The molecule has 2 N–H and O–H groups in total. The Balaban J connectivity index is 1.30. The molecule has 5 nitrogen and oxygen atoms in total. The zero-order valence-electron chi connectivity index (χ0n) is 19.0. The summed E-state index contributed by atoms with van der Waals surface area (Å²) < 4.78 is 0. The largest absolute Gasteiger partial charge is 0.349 e. The number of amides is 2. The van der Waals surface area contributed by atoms with Gasteiger partial charge in [-0.25, -0.2) is 4.98 Å². The summed E-state index contributed by atoms with van der Waals surface area (Å²) >= 11 is 0. The number of hydrogen-bond donors (Lipinski definition) is 2. The highest BCUT2D eigenvalue weighted by atomic mass is 16.2. The fraction of sp³-hybridized carbons (Fsp3) is 0.654. The van der Waals surface area contributed by atoms with E-state index in [2.05, 4.69) is 35.5 Å². The molecule has 0 radical (unpaired) electrons. The summed E-state index contributed by atoms with van der Waals surface area (Å²) in [4.78, 5) is 29.0. The summed E-state index contributed by atoms with van der Waals surface area (Å²) in [5.41, 5.74) is 1.42. The highest BCUT2D eigenvalue weighted by Crippen LogP contribution is 2.65. The van der Waals surface area contributed by atoms with Crippen LogP contribution >= 0.6 is 0 Å². The van der Waals surface area contributed by atoms with Gasteiger partial charge in [0.25, 0.3) is 0 Å². The molecule has 3 saturated carbocycles. The van der Waals surface area contributed by atoms with Crippen molar-refractivity contribution in [2.24, 2.45) is 34.5 Å². The second kappa shape index (κ2) is 7.46. The van der Waals surface area contributed by atoms with Crippen LogP contribution in [0.1, 0.15) is 64.4 Å². The summed E-state index contributed by atoms with van der Waals surface area (Å²) in [5.74, 6) is 3.28. The molecule has 1 aliphatic heterocycles. The van der Waals surface area contributed by atoms with Gasteiger partial charge in [-0.05, 0) is 98.3 Å². The molecule has 1 aromatic heterocycles. The van der Waals surface area contributed by atoms with E-state index in [0.717, 1.165) is 18.4 Å². The van der Waals surface area contributed by atoms with Crippen molar-refractivity contribution in [2.75, 3.05) is 5.32 Å². The van der Waals surface area contributed by atoms with Crippen LogP contribution in [0.4, 0.5) is 5.82 Å². The van der Waals surface area contributed by atoms with Gasteiger partial charge in [0.2, 0.25) is 11.8 Å². The molecule has 0 saturated heterocycles. The minimum atomic E-state index is 0.0663. The van der Waals surface area contributed by atoms with Crippen LogP contribution in [0.15, 0.2) is 30.5 Å². The molecule has 2 heterocycles. The van der Waals surface area contributed by atoms with Gasteiger partial charge in [-0.3, -0.25) is 9.59 Å². The van der Waals surface area contributed by atoms with Crippen molar-refractivity contribution < 1.29 is 9.59 Å². The third-order valence-corrected chi connectivity index (χ3v) is 9.50. The van der Waals surface area contributed by atoms with Gasteiger partial charge in [-0.1, -0.05) is 19.9 Å². The topological polar surface area (TPSA) is 71.1 Å². The monoisotopic (exact) mass is 421 g/mol. The maximum Gasteiger partial charge on any atom is 0.243 e. The van der Waals surface area contributed by atoms with Crippen LogP contribution in [0.3, 0.4) is 0 Å². The molecule has 0 spiro atoms. The molecule has 7 atom stereocenters. The fourth-order valence-electron chi connectivity index (χ4n) is 7.80. The highest BCUT2D eigenvalue weighted by molar-refractivity contribution is 5.90. The SMILES string of the molecule is Cc1ccnc(NC(=O)C[C@H]2CC[C@H]3[C@@H]4CC[C@H]5NC(=O)C=C[C@]5(C)[C@H]4CC[C@]23C)c1. The van der Waals surface area contributed by atoms with E-state index in [1.54, 1.807) is 12.3 Å². The summed E-state index contributed by atoms with van der Waals surface area (Å²) in [6.07, 6.45) is 13.3. The number of aromatic nitrogens is 1. The fourth-order valence-corrected chi connectivity index (χ4v) is 7.80. The van der Waals surface area contributed by atoms with Crippen molar-refractivity contribution in [3.05, 3.63) is 36.0 Å². The van der Waals surface area contributed by atoms with Gasteiger partial charge < -0.3 is 10.6 Å². The molecule has 0 bridgehead atoms. The minimum Gasteiger partial charge on any atom is -0.349 e. The van der Waals surface area contributed by atoms with Crippen LogP contribution in [-0.2, 0) is 9.59 Å². The van der Waals surface area contributed by atoms with Gasteiger partial charge >= 0.3 is 0 Å². The van der Waals surface area contributed by atoms with Gasteiger partial charge in [0.1, 0.15) is 5.82 Å². The maximum atomic E-state index is 12.8. The number of fused-ring (bicyclic) bond motifs is 5. The molecule has 31 heavy (non-hydrogen) atoms. The predicted octanol–water partition coefficient (Wildman–Crippen LogP) is 4.63. The van der Waals surface area contributed by atoms with Crippen LogP contribution in [0.2, 0.25) is 0 Å². The number of rotatable bonds is 3. The van der Waals surface area contributed by atoms with Gasteiger partial charge in [-0.2, -0.15) is 0 Å². The van der Waals surface area contributed by atoms with Crippen molar-refractivity contribution in [1.29, 1.82) is 0 Å². The first-order chi connectivity index (χ1) is 14.8. The lowest BCUT2D eigenvalue weighted by Gasteiger charge is -2.59. The predicted molar refractivity (Wildman–Crippen MR) is 121 cm³/mol. The number of nitrogens with one attached hydrogen (secondary N) is 2. The Labute approximate surface area is 185 Å². The molecule has 4 aliphatic rings. The summed E-state index contributed by atoms with van der Waals surface area (Å²) in [6.45, 7) is 6.83. The molecule has 0 aromatic carbocycles. The molecule has 5 rings (SSSR count). The molecular weight excluding hydrogens is 386 g/mol. The van der Waals surface area contributed by atoms with E-state index in [4.69, 9.17) is 0 Å². The molecule has 3 fully saturated rings. The van der Waals surface area contributed by atoms with E-state index in [0.29, 0.717) is 35.9 Å². The third-order valence-electron chi connectivity index (χ3n) is 9.50. The maximum absolute atomic E-state index is 12.8. The molecule has 166 valence electrons. The smallest absolute Gasteiger partial charge is 0.243 e. The molecule has 5 heteroatoms. The number of anilines is 1. The lowest BCUT2D eigenvalue weighted by atomic mass is 9.48. The van der Waals surface area contributed by atoms with Gasteiger partial charge in [0.05, 0.1) is 0 Å². The van der Waals surface area contributed by atoms with E-state index in [9.17, 15) is 9.59 Å². The Morgan fingerprint density at radius 2 is 2.03 bits per heavy atom. The highest BCUT2D eigenvalue weighted by Gasteiger charge is 2.59. The minimum absolute atomic E-state index is 0.0663. The lowest BCUT2D eigenvalue weighted by Crippen LogP contribution is -2.59. The Hall–Kier alpha value is -2.17.